The summed E-state index contributed by atoms with van der Waals surface area (Å²) in [6.45, 7) is 0.671. The fraction of sp³-hybridized carbons (Fsp3) is 0.375. The molecule has 3 unspecified atom stereocenters. The van der Waals surface area contributed by atoms with Gasteiger partial charge in [-0.1, -0.05) is 18.2 Å². The van der Waals surface area contributed by atoms with Crippen molar-refractivity contribution in [3.05, 3.63) is 53.6 Å². The third-order valence-electron chi connectivity index (χ3n) is 5.98. The summed E-state index contributed by atoms with van der Waals surface area (Å²) in [5.74, 6) is 0.109. The lowest BCUT2D eigenvalue weighted by atomic mass is 10.0. The number of nitrogens with zero attached hydrogens (tertiary/aromatic N) is 1. The number of aryl methyl sites for hydroxylation is 1. The highest BCUT2D eigenvalue weighted by atomic mass is 32.2. The lowest BCUT2D eigenvalue weighted by Gasteiger charge is -2.35. The smallest absolute Gasteiger partial charge is 0.252 e. The van der Waals surface area contributed by atoms with Crippen LogP contribution in [-0.4, -0.2) is 61.9 Å². The predicted octanol–water partition coefficient (Wildman–Crippen LogP) is 0.803. The molecule has 1 fully saturated rings. The van der Waals surface area contributed by atoms with Crippen LogP contribution in [0.25, 0.3) is 0 Å². The van der Waals surface area contributed by atoms with Crippen LogP contribution in [0, 0.1) is 0 Å². The zero-order valence-corrected chi connectivity index (χ0v) is 20.4. The number of hydrogen-bond donors (Lipinski definition) is 4. The number of carbonyl (C=O) groups is 3. The van der Waals surface area contributed by atoms with E-state index in [1.165, 1.54) is 32.0 Å². The molecule has 35 heavy (non-hydrogen) atoms. The predicted molar refractivity (Wildman–Crippen MR) is 133 cm³/mol. The van der Waals surface area contributed by atoms with Gasteiger partial charge in [0.1, 0.15) is 11.5 Å². The summed E-state index contributed by atoms with van der Waals surface area (Å²) in [7, 11) is 2.97. The molecule has 0 radical (unpaired) electrons. The van der Waals surface area contributed by atoms with Gasteiger partial charge in [-0.05, 0) is 42.7 Å². The molecule has 0 bridgehead atoms. The first-order valence-corrected chi connectivity index (χ1v) is 12.3. The lowest BCUT2D eigenvalue weighted by molar-refractivity contribution is -0.125. The monoisotopic (exact) mass is 499 g/mol. The average Bonchev–Trinajstić information content (AvgIpc) is 2.88. The summed E-state index contributed by atoms with van der Waals surface area (Å²) >= 11 is 1.25. The molecule has 11 heteroatoms. The van der Waals surface area contributed by atoms with Crippen molar-refractivity contribution in [2.45, 2.75) is 30.5 Å². The number of fused-ring (bicyclic) bond motifs is 1. The number of anilines is 1. The quantitative estimate of drug-likeness (QED) is 0.440. The van der Waals surface area contributed by atoms with Crippen LogP contribution in [0.15, 0.2) is 42.5 Å². The van der Waals surface area contributed by atoms with E-state index in [0.29, 0.717) is 23.6 Å². The molecule has 2 aliphatic rings. The molecule has 2 heterocycles. The van der Waals surface area contributed by atoms with Crippen molar-refractivity contribution >= 4 is 35.2 Å². The maximum atomic E-state index is 12.9. The van der Waals surface area contributed by atoms with Gasteiger partial charge < -0.3 is 30.7 Å². The fourth-order valence-electron chi connectivity index (χ4n) is 4.17. The van der Waals surface area contributed by atoms with E-state index in [9.17, 15) is 14.4 Å². The maximum Gasteiger partial charge on any atom is 0.252 e. The normalized spacial score (nSPS) is 21.5. The number of amides is 3. The number of hydrogen-bond acceptors (Lipinski definition) is 8. The van der Waals surface area contributed by atoms with Gasteiger partial charge in [0, 0.05) is 17.8 Å². The van der Waals surface area contributed by atoms with E-state index >= 15 is 0 Å². The standard InChI is InChI=1S/C24H29N5O5S/c1-33-17-10-9-15(12-18(17)34-2)22(31)26-20-21(25)27-24(28-23(20)32)35-13-19(30)29-11-5-7-14-6-3-4-8-16(14)29/h3-4,6,8-10,12,20-21,24,27H,5,7,11,13,25H2,1-2H3,(H,26,31)(H,28,32). The topological polar surface area (TPSA) is 135 Å². The van der Waals surface area contributed by atoms with Gasteiger partial charge in [-0.2, -0.15) is 0 Å². The molecule has 5 N–H and O–H groups in total. The number of thioether (sulfide) groups is 1. The first-order valence-electron chi connectivity index (χ1n) is 11.3. The van der Waals surface area contributed by atoms with Gasteiger partial charge in [-0.15, -0.1) is 11.8 Å². The molecule has 0 aliphatic carbocycles. The maximum absolute atomic E-state index is 12.9. The second-order valence-corrected chi connectivity index (χ2v) is 9.28. The van der Waals surface area contributed by atoms with Gasteiger partial charge in [-0.3, -0.25) is 19.7 Å². The van der Waals surface area contributed by atoms with Crippen molar-refractivity contribution in [2.24, 2.45) is 5.73 Å². The van der Waals surface area contributed by atoms with Crippen molar-refractivity contribution < 1.29 is 23.9 Å². The van der Waals surface area contributed by atoms with Gasteiger partial charge in [0.15, 0.2) is 11.5 Å². The van der Waals surface area contributed by atoms with Gasteiger partial charge in [0.25, 0.3) is 5.91 Å². The van der Waals surface area contributed by atoms with E-state index in [4.69, 9.17) is 15.2 Å². The van der Waals surface area contributed by atoms with E-state index in [1.54, 1.807) is 17.0 Å². The average molecular weight is 500 g/mol. The largest absolute Gasteiger partial charge is 0.493 e. The van der Waals surface area contributed by atoms with Crippen LogP contribution in [0.4, 0.5) is 5.69 Å². The molecule has 2 aromatic rings. The number of nitrogens with one attached hydrogen (secondary N) is 3. The second-order valence-electron chi connectivity index (χ2n) is 8.19. The fourth-order valence-corrected chi connectivity index (χ4v) is 5.09. The number of carbonyl (C=O) groups excluding carboxylic acids is 3. The lowest BCUT2D eigenvalue weighted by Crippen LogP contribution is -2.70. The molecule has 2 aliphatic heterocycles. The summed E-state index contributed by atoms with van der Waals surface area (Å²) in [4.78, 5) is 40.1. The van der Waals surface area contributed by atoms with Crippen LogP contribution in [0.1, 0.15) is 22.3 Å². The Kier molecular flexibility index (Phi) is 7.79. The highest BCUT2D eigenvalue weighted by Crippen LogP contribution is 2.28. The summed E-state index contributed by atoms with van der Waals surface area (Å²) in [6.07, 6.45) is 1.03. The zero-order valence-electron chi connectivity index (χ0n) is 19.6. The zero-order chi connectivity index (χ0) is 24.9. The molecule has 0 spiro atoms. The Hall–Kier alpha value is -3.28. The van der Waals surface area contributed by atoms with Gasteiger partial charge in [0.05, 0.1) is 26.1 Å². The minimum Gasteiger partial charge on any atom is -0.493 e. The van der Waals surface area contributed by atoms with Crippen LogP contribution >= 0.6 is 11.8 Å². The van der Waals surface area contributed by atoms with Gasteiger partial charge >= 0.3 is 0 Å². The number of methoxy groups -OCH3 is 2. The third kappa shape index (κ3) is 5.53. The molecule has 0 saturated carbocycles. The molecule has 1 saturated heterocycles. The molecule has 2 aromatic carbocycles. The Morgan fingerprint density at radius 2 is 1.94 bits per heavy atom. The van der Waals surface area contributed by atoms with Crippen molar-refractivity contribution in [1.29, 1.82) is 0 Å². The van der Waals surface area contributed by atoms with Crippen LogP contribution in [0.2, 0.25) is 0 Å². The van der Waals surface area contributed by atoms with Crippen molar-refractivity contribution in [3.63, 3.8) is 0 Å². The van der Waals surface area contributed by atoms with E-state index in [0.717, 1.165) is 24.1 Å². The summed E-state index contributed by atoms with van der Waals surface area (Å²) < 4.78 is 10.4. The van der Waals surface area contributed by atoms with Crippen LogP contribution in [0.5, 0.6) is 11.5 Å². The molecular weight excluding hydrogens is 470 g/mol. The summed E-state index contributed by atoms with van der Waals surface area (Å²) in [5.41, 5.74) is 8.01. The molecule has 3 atom stereocenters. The number of benzene rings is 2. The Morgan fingerprint density at radius 1 is 1.17 bits per heavy atom. The summed E-state index contributed by atoms with van der Waals surface area (Å²) in [6, 6.07) is 11.6. The van der Waals surface area contributed by atoms with E-state index in [1.807, 2.05) is 24.3 Å². The highest BCUT2D eigenvalue weighted by molar-refractivity contribution is 8.00. The molecule has 3 amide bonds. The van der Waals surface area contributed by atoms with E-state index in [2.05, 4.69) is 16.0 Å². The third-order valence-corrected chi connectivity index (χ3v) is 6.98. The van der Waals surface area contributed by atoms with Crippen LogP contribution in [-0.2, 0) is 16.0 Å². The minimum absolute atomic E-state index is 0.0318. The number of para-hydroxylation sites is 1. The van der Waals surface area contributed by atoms with Crippen LogP contribution < -0.4 is 36.1 Å². The number of rotatable bonds is 7. The van der Waals surface area contributed by atoms with Crippen molar-refractivity contribution in [1.82, 2.24) is 16.0 Å². The van der Waals surface area contributed by atoms with Crippen molar-refractivity contribution in [3.8, 4) is 11.5 Å². The first-order chi connectivity index (χ1) is 16.9. The van der Waals surface area contributed by atoms with Gasteiger partial charge in [0.2, 0.25) is 11.8 Å². The van der Waals surface area contributed by atoms with E-state index < -0.39 is 29.5 Å². The SMILES string of the molecule is COc1ccc(C(=O)NC2C(=O)NC(SCC(=O)N3CCCc4ccccc43)NC2N)cc1OC. The molecule has 10 nitrogen and oxygen atoms in total. The Labute approximate surface area is 207 Å². The molecule has 0 aromatic heterocycles. The Balaban J connectivity index is 1.32. The minimum atomic E-state index is -0.989. The first kappa shape index (κ1) is 24.8. The van der Waals surface area contributed by atoms with Crippen LogP contribution in [0.3, 0.4) is 0 Å². The molecule has 4 rings (SSSR count). The molecular formula is C24H29N5O5S. The van der Waals surface area contributed by atoms with E-state index in [-0.39, 0.29) is 11.7 Å². The highest BCUT2D eigenvalue weighted by Gasteiger charge is 2.36. The summed E-state index contributed by atoms with van der Waals surface area (Å²) in [5, 5.41) is 8.48. The van der Waals surface area contributed by atoms with Gasteiger partial charge in [-0.25, -0.2) is 0 Å². The number of ether oxygens (including phenoxy) is 2. The number of nitrogens with two attached hydrogens (primary N) is 1. The second kappa shape index (κ2) is 11.0. The molecule has 186 valence electrons. The Bertz CT molecular complexity index is 1110. The van der Waals surface area contributed by atoms with Crippen molar-refractivity contribution in [2.75, 3.05) is 31.4 Å². The Morgan fingerprint density at radius 3 is 2.69 bits per heavy atom.